The summed E-state index contributed by atoms with van der Waals surface area (Å²) in [5, 5.41) is 0. The van der Waals surface area contributed by atoms with Crippen LogP contribution in [-0.4, -0.2) is 36.1 Å². The minimum absolute atomic E-state index is 0.593. The Morgan fingerprint density at radius 3 is 2.59 bits per heavy atom. The van der Waals surface area contributed by atoms with Crippen LogP contribution < -0.4 is 4.90 Å². The van der Waals surface area contributed by atoms with Crippen molar-refractivity contribution < 1.29 is 0 Å². The molecule has 1 aromatic rings. The van der Waals surface area contributed by atoms with Gasteiger partial charge < -0.3 is 4.90 Å². The highest BCUT2D eigenvalue weighted by molar-refractivity contribution is 5.48. The van der Waals surface area contributed by atoms with Crippen LogP contribution in [0.2, 0.25) is 0 Å². The Balaban J connectivity index is 1.78. The van der Waals surface area contributed by atoms with Gasteiger partial charge in [-0.3, -0.25) is 4.90 Å². The lowest BCUT2D eigenvalue weighted by Gasteiger charge is -2.36. The average molecular weight is 301 g/mol. The van der Waals surface area contributed by atoms with Gasteiger partial charge in [0.2, 0.25) is 0 Å². The minimum atomic E-state index is 0.593. The summed E-state index contributed by atoms with van der Waals surface area (Å²) in [6.45, 7) is 9.36. The average Bonchev–Trinajstić information content (AvgIpc) is 2.56. The smallest absolute Gasteiger partial charge is 0.131 e. The van der Waals surface area contributed by atoms with Crippen LogP contribution in [0, 0.1) is 6.92 Å². The molecule has 1 aromatic heterocycles. The van der Waals surface area contributed by atoms with Gasteiger partial charge in [-0.1, -0.05) is 13.3 Å². The Morgan fingerprint density at radius 1 is 1.09 bits per heavy atom. The number of rotatable bonds is 4. The molecule has 3 heterocycles. The standard InChI is InChI=1S/C19H31N3/c1-3-10-21-11-8-5-9-18(21)17-14-16(2)19(20-15-17)22-12-6-4-7-13-22/h14-15,18H,3-13H2,1-2H3/t18-/m1/s1. The van der Waals surface area contributed by atoms with Gasteiger partial charge in [-0.2, -0.15) is 0 Å². The first-order chi connectivity index (χ1) is 10.8. The van der Waals surface area contributed by atoms with Gasteiger partial charge >= 0.3 is 0 Å². The molecule has 0 amide bonds. The third-order valence-electron chi connectivity index (χ3n) is 5.24. The quantitative estimate of drug-likeness (QED) is 0.825. The van der Waals surface area contributed by atoms with Crippen LogP contribution in [0.1, 0.15) is 69.0 Å². The molecule has 0 bridgehead atoms. The lowest BCUT2D eigenvalue weighted by Crippen LogP contribution is -2.34. The first-order valence-corrected chi connectivity index (χ1v) is 9.25. The second-order valence-corrected chi connectivity index (χ2v) is 7.00. The van der Waals surface area contributed by atoms with E-state index >= 15 is 0 Å². The highest BCUT2D eigenvalue weighted by Gasteiger charge is 2.24. The van der Waals surface area contributed by atoms with E-state index in [-0.39, 0.29) is 0 Å². The number of piperidine rings is 2. The Kier molecular flexibility index (Phi) is 5.35. The normalized spacial score (nSPS) is 23.7. The van der Waals surface area contributed by atoms with Crippen LogP contribution in [0.15, 0.2) is 12.3 Å². The third kappa shape index (κ3) is 3.45. The van der Waals surface area contributed by atoms with Crippen LogP contribution in [0.3, 0.4) is 0 Å². The van der Waals surface area contributed by atoms with Gasteiger partial charge in [-0.05, 0) is 75.7 Å². The molecule has 0 aliphatic carbocycles. The van der Waals surface area contributed by atoms with E-state index in [2.05, 4.69) is 35.9 Å². The number of hydrogen-bond donors (Lipinski definition) is 0. The lowest BCUT2D eigenvalue weighted by molar-refractivity contribution is 0.149. The van der Waals surface area contributed by atoms with Crippen LogP contribution in [0.25, 0.3) is 0 Å². The summed E-state index contributed by atoms with van der Waals surface area (Å²) in [7, 11) is 0. The monoisotopic (exact) mass is 301 g/mol. The number of likely N-dealkylation sites (tertiary alicyclic amines) is 1. The van der Waals surface area contributed by atoms with E-state index in [0.717, 1.165) is 0 Å². The van der Waals surface area contributed by atoms with Crippen LogP contribution in [0.5, 0.6) is 0 Å². The van der Waals surface area contributed by atoms with Crippen molar-refractivity contribution in [1.29, 1.82) is 0 Å². The molecule has 0 N–H and O–H groups in total. The fourth-order valence-electron chi connectivity index (χ4n) is 4.13. The molecule has 0 aromatic carbocycles. The zero-order chi connectivity index (χ0) is 15.4. The fourth-order valence-corrected chi connectivity index (χ4v) is 4.13. The summed E-state index contributed by atoms with van der Waals surface area (Å²) in [6.07, 6.45) is 11.4. The summed E-state index contributed by atoms with van der Waals surface area (Å²) < 4.78 is 0. The van der Waals surface area contributed by atoms with Crippen molar-refractivity contribution in [3.8, 4) is 0 Å². The zero-order valence-electron chi connectivity index (χ0n) is 14.4. The summed E-state index contributed by atoms with van der Waals surface area (Å²) >= 11 is 0. The summed E-state index contributed by atoms with van der Waals surface area (Å²) in [5.41, 5.74) is 2.80. The van der Waals surface area contributed by atoms with Crippen molar-refractivity contribution >= 4 is 5.82 Å². The first-order valence-electron chi connectivity index (χ1n) is 9.25. The van der Waals surface area contributed by atoms with Crippen LogP contribution in [-0.2, 0) is 0 Å². The van der Waals surface area contributed by atoms with Crippen LogP contribution in [0.4, 0.5) is 5.82 Å². The van der Waals surface area contributed by atoms with Gasteiger partial charge in [0.05, 0.1) is 0 Å². The van der Waals surface area contributed by atoms with Crippen molar-refractivity contribution in [2.24, 2.45) is 0 Å². The number of aromatic nitrogens is 1. The lowest BCUT2D eigenvalue weighted by atomic mass is 9.95. The van der Waals surface area contributed by atoms with Gasteiger partial charge in [0, 0.05) is 25.3 Å². The molecule has 2 saturated heterocycles. The second kappa shape index (κ2) is 7.45. The number of nitrogens with zero attached hydrogens (tertiary/aromatic N) is 3. The molecule has 22 heavy (non-hydrogen) atoms. The van der Waals surface area contributed by atoms with E-state index in [1.54, 1.807) is 0 Å². The molecule has 0 saturated carbocycles. The first kappa shape index (κ1) is 15.8. The van der Waals surface area contributed by atoms with Crippen molar-refractivity contribution in [2.45, 2.75) is 64.8 Å². The molecule has 3 rings (SSSR count). The highest BCUT2D eigenvalue weighted by Crippen LogP contribution is 2.32. The molecule has 3 nitrogen and oxygen atoms in total. The van der Waals surface area contributed by atoms with Gasteiger partial charge in [-0.15, -0.1) is 0 Å². The van der Waals surface area contributed by atoms with Crippen LogP contribution >= 0.6 is 0 Å². The number of pyridine rings is 1. The molecule has 2 aliphatic heterocycles. The predicted octanol–water partition coefficient (Wildman–Crippen LogP) is 4.32. The molecule has 3 heteroatoms. The van der Waals surface area contributed by atoms with Crippen molar-refractivity contribution in [3.63, 3.8) is 0 Å². The van der Waals surface area contributed by atoms with E-state index in [9.17, 15) is 0 Å². The maximum Gasteiger partial charge on any atom is 0.131 e. The van der Waals surface area contributed by atoms with Gasteiger partial charge in [0.25, 0.3) is 0 Å². The highest BCUT2D eigenvalue weighted by atomic mass is 15.2. The maximum atomic E-state index is 4.87. The molecule has 1 atom stereocenters. The molecule has 0 spiro atoms. The Morgan fingerprint density at radius 2 is 1.86 bits per heavy atom. The van der Waals surface area contributed by atoms with Crippen molar-refractivity contribution in [3.05, 3.63) is 23.4 Å². The number of anilines is 1. The summed E-state index contributed by atoms with van der Waals surface area (Å²) in [6, 6.07) is 3.01. The third-order valence-corrected chi connectivity index (χ3v) is 5.24. The molecule has 2 aliphatic rings. The predicted molar refractivity (Wildman–Crippen MR) is 93.5 cm³/mol. The summed E-state index contributed by atoms with van der Waals surface area (Å²) in [4.78, 5) is 10.0. The van der Waals surface area contributed by atoms with E-state index in [1.165, 1.54) is 88.1 Å². The van der Waals surface area contributed by atoms with Gasteiger partial charge in [-0.25, -0.2) is 4.98 Å². The topological polar surface area (TPSA) is 19.4 Å². The van der Waals surface area contributed by atoms with E-state index in [0.29, 0.717) is 6.04 Å². The van der Waals surface area contributed by atoms with Gasteiger partial charge in [0.1, 0.15) is 5.82 Å². The second-order valence-electron chi connectivity index (χ2n) is 7.00. The minimum Gasteiger partial charge on any atom is -0.356 e. The Labute approximate surface area is 135 Å². The van der Waals surface area contributed by atoms with Gasteiger partial charge in [0.15, 0.2) is 0 Å². The molecule has 0 radical (unpaired) electrons. The maximum absolute atomic E-state index is 4.87. The molecular weight excluding hydrogens is 270 g/mol. The largest absolute Gasteiger partial charge is 0.356 e. The summed E-state index contributed by atoms with van der Waals surface area (Å²) in [5.74, 6) is 1.22. The molecule has 0 unspecified atom stereocenters. The molecule has 122 valence electrons. The molecular formula is C19H31N3. The van der Waals surface area contributed by atoms with E-state index < -0.39 is 0 Å². The molecule has 2 fully saturated rings. The van der Waals surface area contributed by atoms with Crippen molar-refractivity contribution in [2.75, 3.05) is 31.1 Å². The van der Waals surface area contributed by atoms with Crippen molar-refractivity contribution in [1.82, 2.24) is 9.88 Å². The number of aryl methyl sites for hydroxylation is 1. The fraction of sp³-hybridized carbons (Fsp3) is 0.737. The number of hydrogen-bond acceptors (Lipinski definition) is 3. The SMILES string of the molecule is CCCN1CCCC[C@@H]1c1cnc(N2CCCCC2)c(C)c1. The Bertz CT molecular complexity index is 478. The van der Waals surface area contributed by atoms with E-state index in [4.69, 9.17) is 4.98 Å². The van der Waals surface area contributed by atoms with E-state index in [1.807, 2.05) is 0 Å². The zero-order valence-corrected chi connectivity index (χ0v) is 14.4. The Hall–Kier alpha value is -1.09.